The minimum atomic E-state index is -0.277. The maximum absolute atomic E-state index is 12.3. The number of carbonyl (C=O) groups is 1. The molecule has 4 rings (SSSR count). The first-order chi connectivity index (χ1) is 11.3. The molecular formula is C18H14N4O. The molecule has 112 valence electrons. The van der Waals surface area contributed by atoms with Crippen LogP contribution in [0.2, 0.25) is 0 Å². The zero-order chi connectivity index (χ0) is 15.6. The van der Waals surface area contributed by atoms with Gasteiger partial charge in [-0.2, -0.15) is 0 Å². The second-order valence-electron chi connectivity index (χ2n) is 5.23. The molecule has 23 heavy (non-hydrogen) atoms. The third kappa shape index (κ3) is 2.48. The van der Waals surface area contributed by atoms with Gasteiger partial charge in [-0.1, -0.05) is 36.4 Å². The molecular weight excluding hydrogens is 288 g/mol. The molecule has 2 heterocycles. The van der Waals surface area contributed by atoms with Gasteiger partial charge in [-0.3, -0.25) is 15.6 Å². The molecule has 2 aromatic heterocycles. The fourth-order valence-corrected chi connectivity index (χ4v) is 2.59. The Morgan fingerprint density at radius 3 is 2.57 bits per heavy atom. The molecule has 0 unspecified atom stereocenters. The number of aromatic amines is 1. The molecule has 0 aliphatic heterocycles. The molecule has 5 heteroatoms. The molecule has 0 radical (unpaired) electrons. The molecule has 4 aromatic rings. The van der Waals surface area contributed by atoms with Crippen LogP contribution < -0.4 is 10.9 Å². The molecule has 0 spiro atoms. The Hall–Kier alpha value is -3.34. The Balaban J connectivity index is 1.63. The zero-order valence-electron chi connectivity index (χ0n) is 12.2. The Bertz CT molecular complexity index is 992. The number of nitrogens with zero attached hydrogens (tertiary/aromatic N) is 1. The summed E-state index contributed by atoms with van der Waals surface area (Å²) in [6.45, 7) is 0. The van der Waals surface area contributed by atoms with Gasteiger partial charge in [0.1, 0.15) is 5.69 Å². The number of amides is 1. The number of rotatable bonds is 3. The predicted octanol–water partition coefficient (Wildman–Crippen LogP) is 3.47. The van der Waals surface area contributed by atoms with E-state index in [9.17, 15) is 4.79 Å². The van der Waals surface area contributed by atoms with Crippen LogP contribution in [-0.4, -0.2) is 15.9 Å². The molecule has 1 amide bonds. The number of para-hydroxylation sites is 2. The van der Waals surface area contributed by atoms with Crippen LogP contribution in [0.15, 0.2) is 66.9 Å². The SMILES string of the molecule is O=C(NNc1ccccc1)c1cc2c(cn1)[nH]c1ccccc12. The van der Waals surface area contributed by atoms with Crippen LogP contribution in [0.1, 0.15) is 10.5 Å². The quantitative estimate of drug-likeness (QED) is 0.507. The van der Waals surface area contributed by atoms with Crippen LogP contribution in [0, 0.1) is 0 Å². The molecule has 0 fully saturated rings. The number of H-pyrrole nitrogens is 1. The van der Waals surface area contributed by atoms with E-state index in [1.807, 2.05) is 54.6 Å². The average Bonchev–Trinajstić information content (AvgIpc) is 2.98. The second kappa shape index (κ2) is 5.46. The van der Waals surface area contributed by atoms with Crippen molar-refractivity contribution in [3.63, 3.8) is 0 Å². The van der Waals surface area contributed by atoms with Crippen molar-refractivity contribution in [1.82, 2.24) is 15.4 Å². The van der Waals surface area contributed by atoms with Gasteiger partial charge in [0, 0.05) is 16.3 Å². The van der Waals surface area contributed by atoms with Gasteiger partial charge in [-0.05, 0) is 24.3 Å². The van der Waals surface area contributed by atoms with Gasteiger partial charge in [0.15, 0.2) is 0 Å². The first-order valence-electron chi connectivity index (χ1n) is 7.29. The first kappa shape index (κ1) is 13.3. The van der Waals surface area contributed by atoms with Gasteiger partial charge in [0.05, 0.1) is 17.4 Å². The normalized spacial score (nSPS) is 10.8. The summed E-state index contributed by atoms with van der Waals surface area (Å²) in [5.74, 6) is -0.277. The van der Waals surface area contributed by atoms with E-state index in [-0.39, 0.29) is 5.91 Å². The van der Waals surface area contributed by atoms with Crippen molar-refractivity contribution in [3.8, 4) is 0 Å². The Morgan fingerprint density at radius 1 is 0.913 bits per heavy atom. The number of carbonyl (C=O) groups excluding carboxylic acids is 1. The number of pyridine rings is 1. The molecule has 0 aliphatic rings. The minimum absolute atomic E-state index is 0.277. The highest BCUT2D eigenvalue weighted by Gasteiger charge is 2.10. The standard InChI is InChI=1S/C18H14N4O/c23-18(22-21-12-6-2-1-3-7-12)16-10-14-13-8-4-5-9-15(13)20-17(14)11-19-16/h1-11,20-21H,(H,22,23). The monoisotopic (exact) mass is 302 g/mol. The van der Waals surface area contributed by atoms with Crippen molar-refractivity contribution in [2.75, 3.05) is 5.43 Å². The summed E-state index contributed by atoms with van der Waals surface area (Å²) >= 11 is 0. The lowest BCUT2D eigenvalue weighted by Gasteiger charge is -2.07. The number of benzene rings is 2. The topological polar surface area (TPSA) is 69.8 Å². The van der Waals surface area contributed by atoms with Gasteiger partial charge >= 0.3 is 0 Å². The smallest absolute Gasteiger partial charge is 0.288 e. The maximum Gasteiger partial charge on any atom is 0.288 e. The van der Waals surface area contributed by atoms with Crippen molar-refractivity contribution in [3.05, 3.63) is 72.6 Å². The Kier molecular flexibility index (Phi) is 3.16. The van der Waals surface area contributed by atoms with Crippen LogP contribution in [0.4, 0.5) is 5.69 Å². The molecule has 0 bridgehead atoms. The first-order valence-corrected chi connectivity index (χ1v) is 7.29. The van der Waals surface area contributed by atoms with Crippen molar-refractivity contribution >= 4 is 33.4 Å². The number of anilines is 1. The summed E-state index contributed by atoms with van der Waals surface area (Å²) in [6, 6.07) is 19.2. The van der Waals surface area contributed by atoms with E-state index in [4.69, 9.17) is 0 Å². The summed E-state index contributed by atoms with van der Waals surface area (Å²) in [5, 5.41) is 2.07. The number of fused-ring (bicyclic) bond motifs is 3. The summed E-state index contributed by atoms with van der Waals surface area (Å²) in [5.41, 5.74) is 8.66. The zero-order valence-corrected chi connectivity index (χ0v) is 12.2. The number of hydrogen-bond donors (Lipinski definition) is 3. The predicted molar refractivity (Wildman–Crippen MR) is 91.1 cm³/mol. The highest BCUT2D eigenvalue weighted by Crippen LogP contribution is 2.24. The lowest BCUT2D eigenvalue weighted by Crippen LogP contribution is -2.29. The van der Waals surface area contributed by atoms with E-state index in [1.165, 1.54) is 0 Å². The Labute approximate surface area is 132 Å². The second-order valence-corrected chi connectivity index (χ2v) is 5.23. The van der Waals surface area contributed by atoms with E-state index >= 15 is 0 Å². The number of hydrogen-bond acceptors (Lipinski definition) is 3. The molecule has 0 saturated carbocycles. The van der Waals surface area contributed by atoms with Gasteiger partial charge in [-0.25, -0.2) is 4.98 Å². The van der Waals surface area contributed by atoms with Gasteiger partial charge in [-0.15, -0.1) is 0 Å². The maximum atomic E-state index is 12.3. The molecule has 3 N–H and O–H groups in total. The molecule has 2 aromatic carbocycles. The van der Waals surface area contributed by atoms with Gasteiger partial charge < -0.3 is 4.98 Å². The number of hydrazine groups is 1. The largest absolute Gasteiger partial charge is 0.353 e. The van der Waals surface area contributed by atoms with Gasteiger partial charge in [0.2, 0.25) is 0 Å². The third-order valence-electron chi connectivity index (χ3n) is 3.72. The van der Waals surface area contributed by atoms with Gasteiger partial charge in [0.25, 0.3) is 5.91 Å². The lowest BCUT2D eigenvalue weighted by molar-refractivity contribution is 0.0958. The number of aromatic nitrogens is 2. The molecule has 0 aliphatic carbocycles. The van der Waals surface area contributed by atoms with Crippen LogP contribution in [0.25, 0.3) is 21.8 Å². The van der Waals surface area contributed by atoms with Crippen molar-refractivity contribution < 1.29 is 4.79 Å². The number of nitrogens with one attached hydrogen (secondary N) is 3. The summed E-state index contributed by atoms with van der Waals surface area (Å²) in [4.78, 5) is 19.8. The minimum Gasteiger partial charge on any atom is -0.353 e. The average molecular weight is 302 g/mol. The molecule has 0 saturated heterocycles. The van der Waals surface area contributed by atoms with E-state index in [0.29, 0.717) is 5.69 Å². The van der Waals surface area contributed by atoms with Crippen molar-refractivity contribution in [2.24, 2.45) is 0 Å². The fraction of sp³-hybridized carbons (Fsp3) is 0. The van der Waals surface area contributed by atoms with E-state index in [0.717, 1.165) is 27.5 Å². The van der Waals surface area contributed by atoms with Crippen LogP contribution >= 0.6 is 0 Å². The third-order valence-corrected chi connectivity index (χ3v) is 3.72. The van der Waals surface area contributed by atoms with E-state index < -0.39 is 0 Å². The van der Waals surface area contributed by atoms with Crippen LogP contribution in [0.5, 0.6) is 0 Å². The Morgan fingerprint density at radius 2 is 1.70 bits per heavy atom. The van der Waals surface area contributed by atoms with Crippen LogP contribution in [-0.2, 0) is 0 Å². The fourth-order valence-electron chi connectivity index (χ4n) is 2.59. The van der Waals surface area contributed by atoms with E-state index in [1.54, 1.807) is 12.3 Å². The van der Waals surface area contributed by atoms with E-state index in [2.05, 4.69) is 20.8 Å². The summed E-state index contributed by atoms with van der Waals surface area (Å²) < 4.78 is 0. The van der Waals surface area contributed by atoms with Crippen molar-refractivity contribution in [2.45, 2.75) is 0 Å². The highest BCUT2D eigenvalue weighted by molar-refractivity contribution is 6.09. The van der Waals surface area contributed by atoms with Crippen molar-refractivity contribution in [1.29, 1.82) is 0 Å². The molecule has 0 atom stereocenters. The summed E-state index contributed by atoms with van der Waals surface area (Å²) in [7, 11) is 0. The van der Waals surface area contributed by atoms with Crippen LogP contribution in [0.3, 0.4) is 0 Å². The summed E-state index contributed by atoms with van der Waals surface area (Å²) in [6.07, 6.45) is 1.69. The highest BCUT2D eigenvalue weighted by atomic mass is 16.2. The lowest BCUT2D eigenvalue weighted by atomic mass is 10.1. The molecule has 5 nitrogen and oxygen atoms in total.